The van der Waals surface area contributed by atoms with E-state index >= 15 is 0 Å². The van der Waals surface area contributed by atoms with Crippen molar-refractivity contribution in [1.82, 2.24) is 5.32 Å². The minimum Gasteiger partial charge on any atom is -0.497 e. The van der Waals surface area contributed by atoms with E-state index in [1.54, 1.807) is 14.2 Å². The van der Waals surface area contributed by atoms with Gasteiger partial charge in [-0.3, -0.25) is 0 Å². The molecule has 0 aliphatic heterocycles. The fourth-order valence-corrected chi connectivity index (χ4v) is 1.88. The Hall–Kier alpha value is -1.14. The highest BCUT2D eigenvalue weighted by atomic mass is 16.5. The molecule has 0 saturated heterocycles. The Morgan fingerprint density at radius 1 is 1.05 bits per heavy atom. The Labute approximate surface area is 127 Å². The third-order valence-electron chi connectivity index (χ3n) is 3.16. The topological polar surface area (TPSA) is 60.0 Å². The van der Waals surface area contributed by atoms with Crippen LogP contribution in [0, 0.1) is 0 Å². The summed E-state index contributed by atoms with van der Waals surface area (Å²) in [7, 11) is 3.30. The quantitative estimate of drug-likeness (QED) is 0.576. The van der Waals surface area contributed by atoms with Crippen molar-refractivity contribution < 1.29 is 19.3 Å². The van der Waals surface area contributed by atoms with Crippen LogP contribution in [0.2, 0.25) is 0 Å². The molecule has 0 amide bonds. The van der Waals surface area contributed by atoms with Crippen LogP contribution < -0.4 is 10.1 Å². The first-order valence-corrected chi connectivity index (χ1v) is 7.37. The summed E-state index contributed by atoms with van der Waals surface area (Å²) in [5.74, 6) is 0.799. The van der Waals surface area contributed by atoms with Gasteiger partial charge in [-0.2, -0.15) is 0 Å². The molecule has 0 aliphatic rings. The molecule has 5 heteroatoms. The summed E-state index contributed by atoms with van der Waals surface area (Å²) < 4.78 is 15.4. The van der Waals surface area contributed by atoms with Crippen molar-refractivity contribution in [2.24, 2.45) is 0 Å². The van der Waals surface area contributed by atoms with Crippen LogP contribution in [-0.4, -0.2) is 52.2 Å². The molecular formula is C16H27NO4. The Kier molecular flexibility index (Phi) is 9.82. The molecule has 0 aromatic heterocycles. The summed E-state index contributed by atoms with van der Waals surface area (Å²) in [5.41, 5.74) is 0.895. The molecule has 1 aromatic carbocycles. The minimum atomic E-state index is -0.492. The predicted molar refractivity (Wildman–Crippen MR) is 82.8 cm³/mol. The molecule has 0 heterocycles. The van der Waals surface area contributed by atoms with E-state index in [2.05, 4.69) is 5.32 Å². The highest BCUT2D eigenvalue weighted by Gasteiger charge is 2.06. The lowest BCUT2D eigenvalue weighted by Gasteiger charge is -2.12. The highest BCUT2D eigenvalue weighted by molar-refractivity contribution is 5.28. The van der Waals surface area contributed by atoms with Gasteiger partial charge in [0.1, 0.15) is 5.75 Å². The van der Waals surface area contributed by atoms with E-state index in [1.165, 1.54) is 0 Å². The van der Waals surface area contributed by atoms with E-state index in [1.807, 2.05) is 24.3 Å². The number of unbranched alkanes of at least 4 members (excludes halogenated alkanes) is 1. The first kappa shape index (κ1) is 17.9. The van der Waals surface area contributed by atoms with E-state index in [0.717, 1.165) is 37.3 Å². The van der Waals surface area contributed by atoms with Crippen LogP contribution in [-0.2, 0) is 9.47 Å². The zero-order valence-corrected chi connectivity index (χ0v) is 13.0. The van der Waals surface area contributed by atoms with Gasteiger partial charge in [0, 0.05) is 20.3 Å². The molecule has 0 fully saturated rings. The lowest BCUT2D eigenvalue weighted by molar-refractivity contribution is 0.0687. The Bertz CT molecular complexity index is 356. The van der Waals surface area contributed by atoms with Crippen LogP contribution in [0.1, 0.15) is 24.5 Å². The number of aliphatic hydroxyl groups is 1. The van der Waals surface area contributed by atoms with Gasteiger partial charge in [-0.15, -0.1) is 0 Å². The maximum Gasteiger partial charge on any atom is 0.118 e. The third-order valence-corrected chi connectivity index (χ3v) is 3.16. The SMILES string of the molecule is COCCOCCCCNCC(O)c1ccc(OC)cc1. The summed E-state index contributed by atoms with van der Waals surface area (Å²) in [6, 6.07) is 7.48. The molecule has 1 aromatic rings. The Morgan fingerprint density at radius 2 is 1.81 bits per heavy atom. The second kappa shape index (κ2) is 11.5. The van der Waals surface area contributed by atoms with E-state index in [9.17, 15) is 5.11 Å². The standard InChI is InChI=1S/C16H27NO4/c1-19-11-12-21-10-4-3-9-17-13-16(18)14-5-7-15(20-2)8-6-14/h5-8,16-18H,3-4,9-13H2,1-2H3. The van der Waals surface area contributed by atoms with Crippen LogP contribution in [0.5, 0.6) is 5.75 Å². The first-order chi connectivity index (χ1) is 10.3. The highest BCUT2D eigenvalue weighted by Crippen LogP contribution is 2.16. The largest absolute Gasteiger partial charge is 0.497 e. The average molecular weight is 297 g/mol. The van der Waals surface area contributed by atoms with Crippen molar-refractivity contribution in [2.75, 3.05) is 47.1 Å². The monoisotopic (exact) mass is 297 g/mol. The second-order valence-electron chi connectivity index (χ2n) is 4.81. The summed E-state index contributed by atoms with van der Waals surface area (Å²) >= 11 is 0. The van der Waals surface area contributed by atoms with Crippen LogP contribution in [0.25, 0.3) is 0 Å². The van der Waals surface area contributed by atoms with Crippen molar-refractivity contribution >= 4 is 0 Å². The summed E-state index contributed by atoms with van der Waals surface area (Å²) in [4.78, 5) is 0. The van der Waals surface area contributed by atoms with E-state index in [4.69, 9.17) is 14.2 Å². The number of benzene rings is 1. The average Bonchev–Trinajstić information content (AvgIpc) is 2.53. The van der Waals surface area contributed by atoms with Crippen molar-refractivity contribution in [3.8, 4) is 5.75 Å². The molecule has 21 heavy (non-hydrogen) atoms. The number of methoxy groups -OCH3 is 2. The van der Waals surface area contributed by atoms with Crippen molar-refractivity contribution in [2.45, 2.75) is 18.9 Å². The van der Waals surface area contributed by atoms with Crippen molar-refractivity contribution in [3.63, 3.8) is 0 Å². The fraction of sp³-hybridized carbons (Fsp3) is 0.625. The fourth-order valence-electron chi connectivity index (χ4n) is 1.88. The van der Waals surface area contributed by atoms with Crippen molar-refractivity contribution in [1.29, 1.82) is 0 Å². The Balaban J connectivity index is 2.03. The van der Waals surface area contributed by atoms with Crippen LogP contribution in [0.4, 0.5) is 0 Å². The maximum absolute atomic E-state index is 10.0. The second-order valence-corrected chi connectivity index (χ2v) is 4.81. The maximum atomic E-state index is 10.0. The van der Waals surface area contributed by atoms with Gasteiger partial charge >= 0.3 is 0 Å². The van der Waals surface area contributed by atoms with Crippen LogP contribution in [0.3, 0.4) is 0 Å². The molecule has 5 nitrogen and oxygen atoms in total. The van der Waals surface area contributed by atoms with Gasteiger partial charge in [0.25, 0.3) is 0 Å². The smallest absolute Gasteiger partial charge is 0.118 e. The van der Waals surface area contributed by atoms with E-state index in [-0.39, 0.29) is 0 Å². The molecule has 0 saturated carbocycles. The number of nitrogens with one attached hydrogen (secondary N) is 1. The van der Waals surface area contributed by atoms with Gasteiger partial charge in [0.15, 0.2) is 0 Å². The van der Waals surface area contributed by atoms with Crippen LogP contribution in [0.15, 0.2) is 24.3 Å². The summed E-state index contributed by atoms with van der Waals surface area (Å²) in [6.07, 6.45) is 1.55. The van der Waals surface area contributed by atoms with Gasteiger partial charge in [-0.05, 0) is 37.1 Å². The molecule has 0 bridgehead atoms. The lowest BCUT2D eigenvalue weighted by atomic mass is 10.1. The van der Waals surface area contributed by atoms with Gasteiger partial charge in [-0.25, -0.2) is 0 Å². The molecule has 1 rings (SSSR count). The molecule has 1 unspecified atom stereocenters. The number of ether oxygens (including phenoxy) is 3. The zero-order valence-electron chi connectivity index (χ0n) is 13.0. The molecule has 0 radical (unpaired) electrons. The van der Waals surface area contributed by atoms with E-state index < -0.39 is 6.10 Å². The molecule has 0 aliphatic carbocycles. The summed E-state index contributed by atoms with van der Waals surface area (Å²) in [6.45, 7) is 3.48. The number of aliphatic hydroxyl groups excluding tert-OH is 1. The van der Waals surface area contributed by atoms with Gasteiger partial charge in [0.05, 0.1) is 26.4 Å². The molecular weight excluding hydrogens is 270 g/mol. The molecule has 0 spiro atoms. The first-order valence-electron chi connectivity index (χ1n) is 7.37. The van der Waals surface area contributed by atoms with Gasteiger partial charge in [0.2, 0.25) is 0 Å². The third kappa shape index (κ3) is 8.02. The number of hydrogen-bond acceptors (Lipinski definition) is 5. The van der Waals surface area contributed by atoms with Crippen molar-refractivity contribution in [3.05, 3.63) is 29.8 Å². The van der Waals surface area contributed by atoms with Crippen LogP contribution >= 0.6 is 0 Å². The normalized spacial score (nSPS) is 12.3. The minimum absolute atomic E-state index is 0.492. The summed E-state index contributed by atoms with van der Waals surface area (Å²) in [5, 5.41) is 13.3. The number of hydrogen-bond donors (Lipinski definition) is 2. The molecule has 1 atom stereocenters. The zero-order chi connectivity index (χ0) is 15.3. The van der Waals surface area contributed by atoms with Gasteiger partial charge < -0.3 is 24.6 Å². The predicted octanol–water partition coefficient (Wildman–Crippen LogP) is 1.76. The molecule has 120 valence electrons. The number of rotatable bonds is 12. The van der Waals surface area contributed by atoms with E-state index in [0.29, 0.717) is 19.8 Å². The van der Waals surface area contributed by atoms with Gasteiger partial charge in [-0.1, -0.05) is 12.1 Å². The molecule has 2 N–H and O–H groups in total. The Morgan fingerprint density at radius 3 is 2.48 bits per heavy atom. The lowest BCUT2D eigenvalue weighted by Crippen LogP contribution is -2.22.